The van der Waals surface area contributed by atoms with E-state index < -0.39 is 15.8 Å². The van der Waals surface area contributed by atoms with Gasteiger partial charge < -0.3 is 0 Å². The number of aryl methyl sites for hydroxylation is 3. The normalized spacial score (nSPS) is 11.4. The van der Waals surface area contributed by atoms with Gasteiger partial charge in [-0.25, -0.2) is 12.8 Å². The molecule has 0 amide bonds. The number of nitrogens with one attached hydrogen (secondary N) is 1. The van der Waals surface area contributed by atoms with E-state index in [-0.39, 0.29) is 4.90 Å². The van der Waals surface area contributed by atoms with Crippen LogP contribution in [0.4, 0.5) is 10.1 Å². The molecule has 2 aromatic carbocycles. The fourth-order valence-electron chi connectivity index (χ4n) is 2.10. The van der Waals surface area contributed by atoms with Gasteiger partial charge in [-0.1, -0.05) is 31.2 Å². The summed E-state index contributed by atoms with van der Waals surface area (Å²) in [5.41, 5.74) is 2.73. The second kappa shape index (κ2) is 5.85. The zero-order valence-electron chi connectivity index (χ0n) is 12.3. The van der Waals surface area contributed by atoms with Crippen molar-refractivity contribution in [1.29, 1.82) is 0 Å². The van der Waals surface area contributed by atoms with Crippen LogP contribution in [-0.4, -0.2) is 8.42 Å². The fraction of sp³-hybridized carbons (Fsp3) is 0.250. The van der Waals surface area contributed by atoms with Crippen molar-refractivity contribution in [3.63, 3.8) is 0 Å². The Kier molecular flexibility index (Phi) is 4.32. The van der Waals surface area contributed by atoms with Crippen molar-refractivity contribution in [2.45, 2.75) is 32.1 Å². The number of anilines is 1. The topological polar surface area (TPSA) is 46.2 Å². The third-order valence-corrected chi connectivity index (χ3v) is 4.78. The quantitative estimate of drug-likeness (QED) is 0.933. The molecule has 0 aromatic heterocycles. The SMILES string of the molecule is CCc1cccc(C)c1NS(=O)(=O)c1ccc(C)c(F)c1. The number of halogens is 1. The average molecular weight is 307 g/mol. The van der Waals surface area contributed by atoms with E-state index in [9.17, 15) is 12.8 Å². The molecule has 0 saturated carbocycles. The second-order valence-corrected chi connectivity index (χ2v) is 6.66. The maximum absolute atomic E-state index is 13.6. The van der Waals surface area contributed by atoms with Gasteiger partial charge in [0, 0.05) is 0 Å². The molecule has 21 heavy (non-hydrogen) atoms. The fourth-order valence-corrected chi connectivity index (χ4v) is 3.29. The molecule has 0 bridgehead atoms. The highest BCUT2D eigenvalue weighted by Crippen LogP contribution is 2.25. The molecule has 0 aliphatic carbocycles. The first-order valence-corrected chi connectivity index (χ1v) is 8.21. The van der Waals surface area contributed by atoms with Crippen molar-refractivity contribution in [1.82, 2.24) is 0 Å². The van der Waals surface area contributed by atoms with Crippen LogP contribution in [-0.2, 0) is 16.4 Å². The Morgan fingerprint density at radius 1 is 1.10 bits per heavy atom. The van der Waals surface area contributed by atoms with Crippen molar-refractivity contribution in [3.05, 3.63) is 58.9 Å². The lowest BCUT2D eigenvalue weighted by Crippen LogP contribution is -2.15. The van der Waals surface area contributed by atoms with E-state index in [1.165, 1.54) is 12.1 Å². The van der Waals surface area contributed by atoms with Crippen LogP contribution in [0.1, 0.15) is 23.6 Å². The lowest BCUT2D eigenvalue weighted by Gasteiger charge is -2.14. The third-order valence-electron chi connectivity index (χ3n) is 3.43. The number of benzene rings is 2. The molecule has 0 aliphatic heterocycles. The molecule has 3 nitrogen and oxygen atoms in total. The molecule has 0 atom stereocenters. The molecule has 0 saturated heterocycles. The summed E-state index contributed by atoms with van der Waals surface area (Å²) in [4.78, 5) is -0.0732. The summed E-state index contributed by atoms with van der Waals surface area (Å²) in [5, 5.41) is 0. The Balaban J connectivity index is 2.44. The molecule has 0 fully saturated rings. The van der Waals surface area contributed by atoms with E-state index in [4.69, 9.17) is 0 Å². The van der Waals surface area contributed by atoms with Crippen LogP contribution in [0.2, 0.25) is 0 Å². The van der Waals surface area contributed by atoms with E-state index in [0.717, 1.165) is 17.2 Å². The minimum atomic E-state index is -3.80. The molecular formula is C16H18FNO2S. The largest absolute Gasteiger partial charge is 0.279 e. The van der Waals surface area contributed by atoms with E-state index >= 15 is 0 Å². The number of hydrogen-bond acceptors (Lipinski definition) is 2. The van der Waals surface area contributed by atoms with Gasteiger partial charge in [-0.2, -0.15) is 0 Å². The molecule has 5 heteroatoms. The highest BCUT2D eigenvalue weighted by Gasteiger charge is 2.18. The molecular weight excluding hydrogens is 289 g/mol. The van der Waals surface area contributed by atoms with Crippen molar-refractivity contribution >= 4 is 15.7 Å². The lowest BCUT2D eigenvalue weighted by atomic mass is 10.1. The Labute approximate surface area is 124 Å². The molecule has 0 spiro atoms. The van der Waals surface area contributed by atoms with Gasteiger partial charge in [0.05, 0.1) is 10.6 Å². The van der Waals surface area contributed by atoms with Crippen LogP contribution in [0.3, 0.4) is 0 Å². The third kappa shape index (κ3) is 3.24. The molecule has 112 valence electrons. The maximum atomic E-state index is 13.6. The van der Waals surface area contributed by atoms with Gasteiger partial charge in [0.15, 0.2) is 0 Å². The first kappa shape index (κ1) is 15.5. The smallest absolute Gasteiger partial charge is 0.262 e. The van der Waals surface area contributed by atoms with Crippen LogP contribution in [0.5, 0.6) is 0 Å². The van der Waals surface area contributed by atoms with Crippen molar-refractivity contribution in [2.24, 2.45) is 0 Å². The predicted octanol–water partition coefficient (Wildman–Crippen LogP) is 3.81. The minimum absolute atomic E-state index is 0.0732. The monoisotopic (exact) mass is 307 g/mol. The van der Waals surface area contributed by atoms with Crippen molar-refractivity contribution < 1.29 is 12.8 Å². The standard InChI is InChI=1S/C16H18FNO2S/c1-4-13-7-5-6-12(3)16(13)18-21(19,20)14-9-8-11(2)15(17)10-14/h5-10,18H,4H2,1-3H3. The van der Waals surface area contributed by atoms with Crippen molar-refractivity contribution in [3.8, 4) is 0 Å². The Morgan fingerprint density at radius 3 is 2.43 bits per heavy atom. The Morgan fingerprint density at radius 2 is 1.81 bits per heavy atom. The molecule has 2 aromatic rings. The number of para-hydroxylation sites is 1. The summed E-state index contributed by atoms with van der Waals surface area (Å²) < 4.78 is 41.0. The van der Waals surface area contributed by atoms with Crippen LogP contribution >= 0.6 is 0 Å². The van der Waals surface area contributed by atoms with Gasteiger partial charge in [-0.15, -0.1) is 0 Å². The van der Waals surface area contributed by atoms with E-state index in [2.05, 4.69) is 4.72 Å². The first-order valence-electron chi connectivity index (χ1n) is 6.72. The molecule has 2 rings (SSSR count). The summed E-state index contributed by atoms with van der Waals surface area (Å²) in [7, 11) is -3.80. The second-order valence-electron chi connectivity index (χ2n) is 4.98. The Bertz CT molecular complexity index is 770. The van der Waals surface area contributed by atoms with E-state index in [0.29, 0.717) is 17.7 Å². The van der Waals surface area contributed by atoms with Gasteiger partial charge >= 0.3 is 0 Å². The van der Waals surface area contributed by atoms with E-state index in [1.54, 1.807) is 6.92 Å². The van der Waals surface area contributed by atoms with Crippen LogP contribution < -0.4 is 4.72 Å². The molecule has 1 N–H and O–H groups in total. The Hall–Kier alpha value is -1.88. The van der Waals surface area contributed by atoms with Gasteiger partial charge in [0.25, 0.3) is 10.0 Å². The van der Waals surface area contributed by atoms with Gasteiger partial charge in [-0.3, -0.25) is 4.72 Å². The van der Waals surface area contributed by atoms with Gasteiger partial charge in [0.1, 0.15) is 5.82 Å². The van der Waals surface area contributed by atoms with Gasteiger partial charge in [-0.05, 0) is 49.1 Å². The zero-order valence-corrected chi connectivity index (χ0v) is 13.1. The van der Waals surface area contributed by atoms with Gasteiger partial charge in [0.2, 0.25) is 0 Å². The summed E-state index contributed by atoms with van der Waals surface area (Å²) in [5.74, 6) is -0.529. The summed E-state index contributed by atoms with van der Waals surface area (Å²) in [6.45, 7) is 5.39. The number of hydrogen-bond donors (Lipinski definition) is 1. The number of rotatable bonds is 4. The highest BCUT2D eigenvalue weighted by molar-refractivity contribution is 7.92. The molecule has 0 radical (unpaired) electrons. The minimum Gasteiger partial charge on any atom is -0.279 e. The molecule has 0 aliphatic rings. The number of sulfonamides is 1. The first-order chi connectivity index (χ1) is 9.85. The van der Waals surface area contributed by atoms with Crippen molar-refractivity contribution in [2.75, 3.05) is 4.72 Å². The van der Waals surface area contributed by atoms with Crippen LogP contribution in [0.25, 0.3) is 0 Å². The lowest BCUT2D eigenvalue weighted by molar-refractivity contribution is 0.593. The highest BCUT2D eigenvalue weighted by atomic mass is 32.2. The summed E-state index contributed by atoms with van der Waals surface area (Å²) in [6, 6.07) is 9.51. The van der Waals surface area contributed by atoms with Crippen LogP contribution in [0, 0.1) is 19.7 Å². The summed E-state index contributed by atoms with van der Waals surface area (Å²) >= 11 is 0. The summed E-state index contributed by atoms with van der Waals surface area (Å²) in [6.07, 6.45) is 0.710. The predicted molar refractivity (Wildman–Crippen MR) is 82.5 cm³/mol. The molecule has 0 unspecified atom stereocenters. The average Bonchev–Trinajstić information content (AvgIpc) is 2.43. The van der Waals surface area contributed by atoms with Crippen LogP contribution in [0.15, 0.2) is 41.3 Å². The maximum Gasteiger partial charge on any atom is 0.262 e. The zero-order chi connectivity index (χ0) is 15.6. The molecule has 0 heterocycles. The van der Waals surface area contributed by atoms with E-state index in [1.807, 2.05) is 32.0 Å².